The zero-order chi connectivity index (χ0) is 18.0. The number of hydrogen-bond donors (Lipinski definition) is 1. The molecular formula is C18H24ClN5O. The van der Waals surface area contributed by atoms with Gasteiger partial charge in [0.05, 0.1) is 11.4 Å². The van der Waals surface area contributed by atoms with Crippen LogP contribution in [0.4, 0.5) is 0 Å². The molecule has 25 heavy (non-hydrogen) atoms. The number of nitrogens with zero attached hydrogens (tertiary/aromatic N) is 4. The zero-order valence-electron chi connectivity index (χ0n) is 14.7. The van der Waals surface area contributed by atoms with Crippen molar-refractivity contribution < 1.29 is 4.79 Å². The van der Waals surface area contributed by atoms with Gasteiger partial charge >= 0.3 is 0 Å². The van der Waals surface area contributed by atoms with Gasteiger partial charge in [0.25, 0.3) is 5.91 Å². The van der Waals surface area contributed by atoms with E-state index in [4.69, 9.17) is 17.3 Å². The Balaban J connectivity index is 1.93. The predicted molar refractivity (Wildman–Crippen MR) is 98.0 cm³/mol. The summed E-state index contributed by atoms with van der Waals surface area (Å²) < 4.78 is 1.72. The van der Waals surface area contributed by atoms with Crippen molar-refractivity contribution in [1.29, 1.82) is 0 Å². The maximum Gasteiger partial charge on any atom is 0.276 e. The summed E-state index contributed by atoms with van der Waals surface area (Å²) in [6.07, 6.45) is 2.54. The van der Waals surface area contributed by atoms with Crippen LogP contribution in [0.25, 0.3) is 5.69 Å². The predicted octanol–water partition coefficient (Wildman–Crippen LogP) is 2.68. The Morgan fingerprint density at radius 3 is 2.88 bits per heavy atom. The standard InChI is InChI=1S/C18H24ClN5O/c1-3-5-15-16(17(25)23-9-8-18(2,11-20)12-23)21-22-24(15)14-7-4-6-13(19)10-14/h4,6-7,10H,3,5,8-9,11-12,20H2,1-2H3. The number of likely N-dealkylation sites (tertiary alicyclic amines) is 1. The quantitative estimate of drug-likeness (QED) is 0.888. The molecule has 0 bridgehead atoms. The van der Waals surface area contributed by atoms with E-state index in [0.717, 1.165) is 30.6 Å². The molecule has 6 nitrogen and oxygen atoms in total. The van der Waals surface area contributed by atoms with Crippen LogP contribution in [-0.4, -0.2) is 45.4 Å². The monoisotopic (exact) mass is 361 g/mol. The van der Waals surface area contributed by atoms with E-state index in [1.165, 1.54) is 0 Å². The van der Waals surface area contributed by atoms with Crippen molar-refractivity contribution in [2.24, 2.45) is 11.1 Å². The van der Waals surface area contributed by atoms with Gasteiger partial charge in [0, 0.05) is 18.1 Å². The molecule has 1 aromatic carbocycles. The molecule has 1 atom stereocenters. The van der Waals surface area contributed by atoms with Gasteiger partial charge in [0.2, 0.25) is 0 Å². The second-order valence-electron chi connectivity index (χ2n) is 7.02. The largest absolute Gasteiger partial charge is 0.337 e. The third-order valence-electron chi connectivity index (χ3n) is 4.84. The maximum atomic E-state index is 13.0. The molecule has 0 aliphatic carbocycles. The summed E-state index contributed by atoms with van der Waals surface area (Å²) in [5.74, 6) is -0.0612. The fourth-order valence-corrected chi connectivity index (χ4v) is 3.44. The van der Waals surface area contributed by atoms with E-state index in [1.807, 2.05) is 29.2 Å². The number of benzene rings is 1. The Morgan fingerprint density at radius 1 is 1.44 bits per heavy atom. The molecule has 1 unspecified atom stereocenters. The number of rotatable bonds is 5. The van der Waals surface area contributed by atoms with E-state index in [1.54, 1.807) is 4.68 Å². The molecule has 1 amide bonds. The van der Waals surface area contributed by atoms with Crippen LogP contribution >= 0.6 is 11.6 Å². The van der Waals surface area contributed by atoms with Gasteiger partial charge in [-0.1, -0.05) is 43.1 Å². The lowest BCUT2D eigenvalue weighted by Crippen LogP contribution is -2.35. The van der Waals surface area contributed by atoms with Gasteiger partial charge in [0.1, 0.15) is 0 Å². The van der Waals surface area contributed by atoms with E-state index in [0.29, 0.717) is 30.4 Å². The first-order chi connectivity index (χ1) is 12.0. The molecule has 2 N–H and O–H groups in total. The van der Waals surface area contributed by atoms with Crippen LogP contribution in [-0.2, 0) is 6.42 Å². The van der Waals surface area contributed by atoms with Crippen LogP contribution < -0.4 is 5.73 Å². The van der Waals surface area contributed by atoms with Crippen LogP contribution in [0, 0.1) is 5.41 Å². The van der Waals surface area contributed by atoms with Crippen molar-refractivity contribution in [2.45, 2.75) is 33.1 Å². The molecule has 2 heterocycles. The first-order valence-electron chi connectivity index (χ1n) is 8.67. The average Bonchev–Trinajstić information content (AvgIpc) is 3.19. The number of hydrogen-bond acceptors (Lipinski definition) is 4. The van der Waals surface area contributed by atoms with Crippen molar-refractivity contribution in [3.8, 4) is 5.69 Å². The number of aromatic nitrogens is 3. The average molecular weight is 362 g/mol. The van der Waals surface area contributed by atoms with Gasteiger partial charge in [-0.3, -0.25) is 4.79 Å². The van der Waals surface area contributed by atoms with Crippen molar-refractivity contribution in [2.75, 3.05) is 19.6 Å². The molecule has 1 aromatic heterocycles. The fourth-order valence-electron chi connectivity index (χ4n) is 3.26. The second kappa shape index (κ2) is 7.14. The van der Waals surface area contributed by atoms with Gasteiger partial charge in [-0.2, -0.15) is 0 Å². The van der Waals surface area contributed by atoms with E-state index in [-0.39, 0.29) is 11.3 Å². The number of halogens is 1. The van der Waals surface area contributed by atoms with Crippen molar-refractivity contribution >= 4 is 17.5 Å². The summed E-state index contributed by atoms with van der Waals surface area (Å²) in [5.41, 5.74) is 7.93. The fraction of sp³-hybridized carbons (Fsp3) is 0.500. The topological polar surface area (TPSA) is 77.0 Å². The number of carbonyl (C=O) groups is 1. The van der Waals surface area contributed by atoms with Gasteiger partial charge in [-0.05, 0) is 43.0 Å². The minimum atomic E-state index is -0.0612. The van der Waals surface area contributed by atoms with Crippen LogP contribution in [0.15, 0.2) is 24.3 Å². The molecule has 2 aromatic rings. The number of carbonyl (C=O) groups excluding carboxylic acids is 1. The Labute approximate surface area is 152 Å². The lowest BCUT2D eigenvalue weighted by Gasteiger charge is -2.22. The van der Waals surface area contributed by atoms with Crippen molar-refractivity contribution in [3.05, 3.63) is 40.7 Å². The molecule has 1 aliphatic heterocycles. The second-order valence-corrected chi connectivity index (χ2v) is 7.45. The highest BCUT2D eigenvalue weighted by Crippen LogP contribution is 2.30. The first kappa shape index (κ1) is 17.9. The van der Waals surface area contributed by atoms with Crippen LogP contribution in [0.2, 0.25) is 5.02 Å². The summed E-state index contributed by atoms with van der Waals surface area (Å²) in [6, 6.07) is 7.41. The summed E-state index contributed by atoms with van der Waals surface area (Å²) in [4.78, 5) is 14.8. The Morgan fingerprint density at radius 2 is 2.24 bits per heavy atom. The van der Waals surface area contributed by atoms with E-state index >= 15 is 0 Å². The molecule has 1 fully saturated rings. The van der Waals surface area contributed by atoms with Crippen LogP contribution in [0.5, 0.6) is 0 Å². The Hall–Kier alpha value is -1.92. The maximum absolute atomic E-state index is 13.0. The Bertz CT molecular complexity index is 775. The Kier molecular flexibility index (Phi) is 5.11. The summed E-state index contributed by atoms with van der Waals surface area (Å²) in [5, 5.41) is 9.06. The third kappa shape index (κ3) is 3.55. The highest BCUT2D eigenvalue weighted by atomic mass is 35.5. The van der Waals surface area contributed by atoms with Crippen molar-refractivity contribution in [1.82, 2.24) is 19.9 Å². The minimum Gasteiger partial charge on any atom is -0.337 e. The van der Waals surface area contributed by atoms with E-state index in [2.05, 4.69) is 24.2 Å². The van der Waals surface area contributed by atoms with Crippen molar-refractivity contribution in [3.63, 3.8) is 0 Å². The van der Waals surface area contributed by atoms with Gasteiger partial charge in [0.15, 0.2) is 5.69 Å². The van der Waals surface area contributed by atoms with E-state index in [9.17, 15) is 4.79 Å². The zero-order valence-corrected chi connectivity index (χ0v) is 15.5. The third-order valence-corrected chi connectivity index (χ3v) is 5.08. The highest BCUT2D eigenvalue weighted by Gasteiger charge is 2.37. The SMILES string of the molecule is CCCc1c(C(=O)N2CCC(C)(CN)C2)nnn1-c1cccc(Cl)c1. The molecule has 134 valence electrons. The molecule has 1 saturated heterocycles. The number of nitrogens with two attached hydrogens (primary N) is 1. The van der Waals surface area contributed by atoms with Gasteiger partial charge < -0.3 is 10.6 Å². The molecule has 0 radical (unpaired) electrons. The summed E-state index contributed by atoms with van der Waals surface area (Å²) in [7, 11) is 0. The minimum absolute atomic E-state index is 0.0104. The summed E-state index contributed by atoms with van der Waals surface area (Å²) in [6.45, 7) is 6.15. The first-order valence-corrected chi connectivity index (χ1v) is 9.05. The molecule has 0 spiro atoms. The molecular weight excluding hydrogens is 338 g/mol. The molecule has 0 saturated carbocycles. The van der Waals surface area contributed by atoms with Crippen LogP contribution in [0.3, 0.4) is 0 Å². The summed E-state index contributed by atoms with van der Waals surface area (Å²) >= 11 is 6.10. The normalized spacial score (nSPS) is 20.2. The molecule has 1 aliphatic rings. The molecule has 7 heteroatoms. The van der Waals surface area contributed by atoms with Gasteiger partial charge in [-0.25, -0.2) is 4.68 Å². The highest BCUT2D eigenvalue weighted by molar-refractivity contribution is 6.30. The van der Waals surface area contributed by atoms with Crippen LogP contribution in [0.1, 0.15) is 42.9 Å². The molecule has 3 rings (SSSR count). The number of amides is 1. The smallest absolute Gasteiger partial charge is 0.276 e. The lowest BCUT2D eigenvalue weighted by atomic mass is 9.90. The van der Waals surface area contributed by atoms with Gasteiger partial charge in [-0.15, -0.1) is 5.10 Å². The van der Waals surface area contributed by atoms with E-state index < -0.39 is 0 Å². The lowest BCUT2D eigenvalue weighted by molar-refractivity contribution is 0.0770.